The van der Waals surface area contributed by atoms with Crippen molar-refractivity contribution in [3.63, 3.8) is 0 Å². The standard InChI is InChI=1S/C16H20F3N3O5/c1-3-10(4-2)27-15(25)9-5-11(26-8-16(17,18)19)13(21-7-9)14(24)22-12(23)6-20/h5,7,10H,3-4,6,8,20H2,1-2H3,(H,22,23,24). The number of halogens is 3. The molecular weight excluding hydrogens is 371 g/mol. The molecule has 0 saturated carbocycles. The Hall–Kier alpha value is -2.69. The zero-order chi connectivity index (χ0) is 20.6. The molecule has 8 nitrogen and oxygen atoms in total. The lowest BCUT2D eigenvalue weighted by molar-refractivity contribution is -0.153. The fraction of sp³-hybridized carbons (Fsp3) is 0.500. The van der Waals surface area contributed by atoms with Crippen molar-refractivity contribution in [3.8, 4) is 5.75 Å². The van der Waals surface area contributed by atoms with E-state index < -0.39 is 48.6 Å². The van der Waals surface area contributed by atoms with Gasteiger partial charge in [0.25, 0.3) is 5.91 Å². The maximum absolute atomic E-state index is 12.5. The van der Waals surface area contributed by atoms with E-state index in [9.17, 15) is 27.6 Å². The molecule has 0 spiro atoms. The molecule has 0 radical (unpaired) electrons. The second-order valence-corrected chi connectivity index (χ2v) is 5.40. The Labute approximate surface area is 153 Å². The maximum atomic E-state index is 12.5. The van der Waals surface area contributed by atoms with Crippen molar-refractivity contribution < 1.29 is 37.0 Å². The van der Waals surface area contributed by atoms with Crippen LogP contribution in [0.2, 0.25) is 0 Å². The van der Waals surface area contributed by atoms with Crippen LogP contribution in [0.4, 0.5) is 13.2 Å². The van der Waals surface area contributed by atoms with Gasteiger partial charge in [0.05, 0.1) is 12.1 Å². The molecule has 0 aliphatic rings. The van der Waals surface area contributed by atoms with Gasteiger partial charge in [-0.3, -0.25) is 14.9 Å². The van der Waals surface area contributed by atoms with Crippen molar-refractivity contribution in [1.29, 1.82) is 0 Å². The van der Waals surface area contributed by atoms with E-state index in [0.717, 1.165) is 12.3 Å². The number of carbonyl (C=O) groups excluding carboxylic acids is 3. The fourth-order valence-corrected chi connectivity index (χ4v) is 1.91. The number of amides is 2. The summed E-state index contributed by atoms with van der Waals surface area (Å²) in [7, 11) is 0. The normalized spacial score (nSPS) is 11.2. The number of hydrogen-bond donors (Lipinski definition) is 2. The SMILES string of the molecule is CCC(CC)OC(=O)c1cnc(C(=O)NC(=O)CN)c(OCC(F)(F)F)c1. The van der Waals surface area contributed by atoms with Crippen LogP contribution < -0.4 is 15.8 Å². The number of nitrogens with zero attached hydrogens (tertiary/aromatic N) is 1. The van der Waals surface area contributed by atoms with Crippen LogP contribution >= 0.6 is 0 Å². The number of aromatic nitrogens is 1. The predicted octanol–water partition coefficient (Wildman–Crippen LogP) is 1.58. The van der Waals surface area contributed by atoms with Crippen LogP contribution in [-0.4, -0.2) is 48.2 Å². The summed E-state index contributed by atoms with van der Waals surface area (Å²) in [6, 6.07) is 0.908. The lowest BCUT2D eigenvalue weighted by Gasteiger charge is -2.16. The second-order valence-electron chi connectivity index (χ2n) is 5.40. The first-order chi connectivity index (χ1) is 12.6. The number of carbonyl (C=O) groups is 3. The maximum Gasteiger partial charge on any atom is 0.422 e. The third-order valence-corrected chi connectivity index (χ3v) is 3.32. The molecule has 0 atom stereocenters. The zero-order valence-electron chi connectivity index (χ0n) is 14.8. The summed E-state index contributed by atoms with van der Waals surface area (Å²) >= 11 is 0. The van der Waals surface area contributed by atoms with Crippen molar-refractivity contribution in [3.05, 3.63) is 23.5 Å². The van der Waals surface area contributed by atoms with Crippen LogP contribution in [-0.2, 0) is 9.53 Å². The Balaban J connectivity index is 3.14. The second kappa shape index (κ2) is 9.86. The van der Waals surface area contributed by atoms with E-state index >= 15 is 0 Å². The highest BCUT2D eigenvalue weighted by Gasteiger charge is 2.30. The molecule has 11 heteroatoms. The molecule has 1 rings (SSSR count). The van der Waals surface area contributed by atoms with E-state index in [-0.39, 0.29) is 11.7 Å². The van der Waals surface area contributed by atoms with Crippen LogP contribution in [0.25, 0.3) is 0 Å². The summed E-state index contributed by atoms with van der Waals surface area (Å²) in [5.41, 5.74) is 4.27. The van der Waals surface area contributed by atoms with Gasteiger partial charge in [-0.05, 0) is 18.9 Å². The van der Waals surface area contributed by atoms with Crippen LogP contribution in [0.1, 0.15) is 47.5 Å². The Morgan fingerprint density at radius 3 is 2.41 bits per heavy atom. The van der Waals surface area contributed by atoms with Gasteiger partial charge < -0.3 is 15.2 Å². The molecule has 1 aromatic heterocycles. The summed E-state index contributed by atoms with van der Waals surface area (Å²) in [6.07, 6.45) is -3.01. The van der Waals surface area contributed by atoms with Crippen LogP contribution in [0.15, 0.2) is 12.3 Å². The van der Waals surface area contributed by atoms with Crippen molar-refractivity contribution in [1.82, 2.24) is 10.3 Å². The molecule has 0 fully saturated rings. The van der Waals surface area contributed by atoms with Crippen LogP contribution in [0.3, 0.4) is 0 Å². The van der Waals surface area contributed by atoms with Gasteiger partial charge in [0, 0.05) is 6.20 Å². The van der Waals surface area contributed by atoms with Crippen LogP contribution in [0, 0.1) is 0 Å². The zero-order valence-corrected chi connectivity index (χ0v) is 14.8. The molecule has 1 aromatic rings. The van der Waals surface area contributed by atoms with Crippen molar-refractivity contribution in [2.45, 2.75) is 39.0 Å². The molecular formula is C16H20F3N3O5. The monoisotopic (exact) mass is 391 g/mol. The number of alkyl halides is 3. The molecule has 0 unspecified atom stereocenters. The third-order valence-electron chi connectivity index (χ3n) is 3.32. The molecule has 0 bridgehead atoms. The van der Waals surface area contributed by atoms with Gasteiger partial charge in [0.15, 0.2) is 18.1 Å². The predicted molar refractivity (Wildman–Crippen MR) is 87.1 cm³/mol. The summed E-state index contributed by atoms with van der Waals surface area (Å²) in [6.45, 7) is 1.38. The first kappa shape index (κ1) is 22.4. The minimum Gasteiger partial charge on any atom is -0.482 e. The Morgan fingerprint density at radius 1 is 1.26 bits per heavy atom. The summed E-state index contributed by atoms with van der Waals surface area (Å²) in [5, 5.41) is 1.84. The van der Waals surface area contributed by atoms with Gasteiger partial charge in [-0.2, -0.15) is 13.2 Å². The number of rotatable bonds is 8. The number of pyridine rings is 1. The molecule has 0 saturated heterocycles. The molecule has 2 amide bonds. The molecule has 27 heavy (non-hydrogen) atoms. The van der Waals surface area contributed by atoms with Crippen molar-refractivity contribution >= 4 is 17.8 Å². The summed E-state index contributed by atoms with van der Waals surface area (Å²) < 4.78 is 47.1. The van der Waals surface area contributed by atoms with E-state index in [1.807, 2.05) is 5.32 Å². The number of nitrogens with one attached hydrogen (secondary N) is 1. The van der Waals surface area contributed by atoms with Gasteiger partial charge in [-0.25, -0.2) is 9.78 Å². The van der Waals surface area contributed by atoms with E-state index in [4.69, 9.17) is 10.5 Å². The Bertz CT molecular complexity index is 690. The van der Waals surface area contributed by atoms with E-state index in [0.29, 0.717) is 12.8 Å². The topological polar surface area (TPSA) is 121 Å². The highest BCUT2D eigenvalue weighted by molar-refractivity contribution is 6.06. The van der Waals surface area contributed by atoms with E-state index in [1.54, 1.807) is 13.8 Å². The molecule has 0 aromatic carbocycles. The Kier molecular flexibility index (Phi) is 8.16. The average Bonchev–Trinajstić information content (AvgIpc) is 2.63. The number of hydrogen-bond acceptors (Lipinski definition) is 7. The van der Waals surface area contributed by atoms with Gasteiger partial charge in [0.2, 0.25) is 5.91 Å². The van der Waals surface area contributed by atoms with Crippen molar-refractivity contribution in [2.24, 2.45) is 5.73 Å². The number of nitrogens with two attached hydrogens (primary N) is 1. The van der Waals surface area contributed by atoms with Gasteiger partial charge in [0.1, 0.15) is 6.10 Å². The lowest BCUT2D eigenvalue weighted by atomic mass is 10.2. The molecule has 150 valence electrons. The van der Waals surface area contributed by atoms with Gasteiger partial charge >= 0.3 is 12.1 Å². The lowest BCUT2D eigenvalue weighted by Crippen LogP contribution is -2.36. The molecule has 3 N–H and O–H groups in total. The summed E-state index contributed by atoms with van der Waals surface area (Å²) in [4.78, 5) is 39.0. The van der Waals surface area contributed by atoms with Crippen LogP contribution in [0.5, 0.6) is 5.75 Å². The van der Waals surface area contributed by atoms with Crippen molar-refractivity contribution in [2.75, 3.05) is 13.2 Å². The fourth-order valence-electron chi connectivity index (χ4n) is 1.91. The minimum atomic E-state index is -4.69. The number of imide groups is 1. The molecule has 0 aliphatic carbocycles. The van der Waals surface area contributed by atoms with Gasteiger partial charge in [-0.1, -0.05) is 13.8 Å². The average molecular weight is 391 g/mol. The van der Waals surface area contributed by atoms with E-state index in [2.05, 4.69) is 9.72 Å². The first-order valence-electron chi connectivity index (χ1n) is 8.06. The molecule has 0 aliphatic heterocycles. The summed E-state index contributed by atoms with van der Waals surface area (Å²) in [5.74, 6) is -3.41. The highest BCUT2D eigenvalue weighted by Crippen LogP contribution is 2.23. The third kappa shape index (κ3) is 7.21. The quantitative estimate of drug-likeness (QED) is 0.646. The molecule has 1 heterocycles. The van der Waals surface area contributed by atoms with E-state index in [1.165, 1.54) is 0 Å². The smallest absolute Gasteiger partial charge is 0.422 e. The number of ether oxygens (including phenoxy) is 2. The Morgan fingerprint density at radius 2 is 1.89 bits per heavy atom. The minimum absolute atomic E-state index is 0.194. The van der Waals surface area contributed by atoms with Gasteiger partial charge in [-0.15, -0.1) is 0 Å². The first-order valence-corrected chi connectivity index (χ1v) is 8.06. The number of esters is 1. The highest BCUT2D eigenvalue weighted by atomic mass is 19.4. The largest absolute Gasteiger partial charge is 0.482 e.